The minimum Gasteiger partial charge on any atom is -0.381 e. The minimum atomic E-state index is 0.00488. The first kappa shape index (κ1) is 11.7. The monoisotopic (exact) mass is 249 g/mol. The second-order valence-corrected chi connectivity index (χ2v) is 5.29. The van der Waals surface area contributed by atoms with E-state index in [-0.39, 0.29) is 5.56 Å². The lowest BCUT2D eigenvalue weighted by atomic mass is 10.00. The molecule has 5 nitrogen and oxygen atoms in total. The van der Waals surface area contributed by atoms with Crippen LogP contribution >= 0.6 is 0 Å². The van der Waals surface area contributed by atoms with Gasteiger partial charge in [0.2, 0.25) is 0 Å². The molecule has 2 fully saturated rings. The Labute approximate surface area is 106 Å². The second kappa shape index (κ2) is 4.39. The first-order chi connectivity index (χ1) is 8.70. The topological polar surface area (TPSA) is 47.4 Å². The Balaban J connectivity index is 1.94. The van der Waals surface area contributed by atoms with Gasteiger partial charge in [-0.1, -0.05) is 0 Å². The Morgan fingerprint density at radius 3 is 2.61 bits per heavy atom. The van der Waals surface area contributed by atoms with Gasteiger partial charge in [-0.2, -0.15) is 0 Å². The van der Waals surface area contributed by atoms with Crippen LogP contribution in [-0.2, 0) is 11.8 Å². The van der Waals surface area contributed by atoms with Gasteiger partial charge in [-0.3, -0.25) is 4.79 Å². The van der Waals surface area contributed by atoms with Crippen molar-refractivity contribution in [1.29, 1.82) is 0 Å². The number of aromatic nitrogens is 2. The number of hydrogen-bond donors (Lipinski definition) is 0. The van der Waals surface area contributed by atoms with Crippen molar-refractivity contribution in [2.45, 2.75) is 43.9 Å². The van der Waals surface area contributed by atoms with Crippen molar-refractivity contribution in [3.05, 3.63) is 22.7 Å². The maximum atomic E-state index is 12.2. The maximum Gasteiger partial charge on any atom is 0.293 e. The summed E-state index contributed by atoms with van der Waals surface area (Å²) in [5, 5.41) is 0. The van der Waals surface area contributed by atoms with Crippen molar-refractivity contribution >= 4 is 5.82 Å². The first-order valence-corrected chi connectivity index (χ1v) is 6.53. The molecule has 2 unspecified atom stereocenters. The number of nitrogens with zero attached hydrogens (tertiary/aromatic N) is 3. The number of aryl methyl sites for hydroxylation is 1. The average molecular weight is 249 g/mol. The third-order valence-corrected chi connectivity index (χ3v) is 4.27. The van der Waals surface area contributed by atoms with Crippen molar-refractivity contribution in [3.8, 4) is 0 Å². The molecule has 2 aliphatic heterocycles. The molecule has 0 N–H and O–H groups in total. The molecular formula is C13H19N3O2. The summed E-state index contributed by atoms with van der Waals surface area (Å²) in [4.78, 5) is 18.7. The van der Waals surface area contributed by atoms with E-state index in [1.165, 1.54) is 0 Å². The summed E-state index contributed by atoms with van der Waals surface area (Å²) in [5.41, 5.74) is 0.00488. The van der Waals surface area contributed by atoms with Gasteiger partial charge in [-0.15, -0.1) is 0 Å². The molecule has 5 heteroatoms. The largest absolute Gasteiger partial charge is 0.381 e. The van der Waals surface area contributed by atoms with Crippen molar-refractivity contribution in [2.24, 2.45) is 7.05 Å². The lowest BCUT2D eigenvalue weighted by Gasteiger charge is -2.38. The van der Waals surface area contributed by atoms with Gasteiger partial charge in [0.05, 0.1) is 6.10 Å². The summed E-state index contributed by atoms with van der Waals surface area (Å²) < 4.78 is 7.08. The van der Waals surface area contributed by atoms with Gasteiger partial charge in [-0.05, 0) is 25.7 Å². The van der Waals surface area contributed by atoms with Crippen LogP contribution in [0.3, 0.4) is 0 Å². The Morgan fingerprint density at radius 1 is 1.33 bits per heavy atom. The number of rotatable bonds is 2. The lowest BCUT2D eigenvalue weighted by Crippen LogP contribution is -2.48. The molecule has 0 amide bonds. The van der Waals surface area contributed by atoms with Crippen LogP contribution in [0.2, 0.25) is 0 Å². The van der Waals surface area contributed by atoms with Gasteiger partial charge < -0.3 is 14.2 Å². The van der Waals surface area contributed by atoms with Crippen LogP contribution < -0.4 is 10.5 Å². The number of piperidine rings is 1. The van der Waals surface area contributed by atoms with Crippen molar-refractivity contribution in [2.75, 3.05) is 12.0 Å². The predicted molar refractivity (Wildman–Crippen MR) is 68.8 cm³/mol. The van der Waals surface area contributed by atoms with Crippen LogP contribution in [0, 0.1) is 0 Å². The van der Waals surface area contributed by atoms with Gasteiger partial charge in [0, 0.05) is 38.6 Å². The molecule has 2 bridgehead atoms. The zero-order valence-electron chi connectivity index (χ0n) is 10.9. The Hall–Kier alpha value is -1.36. The summed E-state index contributed by atoms with van der Waals surface area (Å²) in [7, 11) is 3.55. The average Bonchev–Trinajstić information content (AvgIpc) is 2.63. The Kier molecular flexibility index (Phi) is 2.86. The highest BCUT2D eigenvalue weighted by atomic mass is 16.5. The van der Waals surface area contributed by atoms with Crippen LogP contribution in [0.1, 0.15) is 25.7 Å². The van der Waals surface area contributed by atoms with Gasteiger partial charge in [-0.25, -0.2) is 4.98 Å². The van der Waals surface area contributed by atoms with E-state index in [9.17, 15) is 4.79 Å². The molecular weight excluding hydrogens is 230 g/mol. The molecule has 1 aromatic rings. The molecule has 98 valence electrons. The Morgan fingerprint density at radius 2 is 2.00 bits per heavy atom. The van der Waals surface area contributed by atoms with Crippen LogP contribution in [-0.4, -0.2) is 34.8 Å². The van der Waals surface area contributed by atoms with E-state index in [1.54, 1.807) is 31.1 Å². The van der Waals surface area contributed by atoms with E-state index in [0.717, 1.165) is 25.7 Å². The minimum absolute atomic E-state index is 0.00488. The van der Waals surface area contributed by atoms with E-state index < -0.39 is 0 Å². The van der Waals surface area contributed by atoms with E-state index in [0.29, 0.717) is 24.0 Å². The fourth-order valence-electron chi connectivity index (χ4n) is 3.33. The van der Waals surface area contributed by atoms with Crippen LogP contribution in [0.25, 0.3) is 0 Å². The Bertz CT molecular complexity index is 485. The zero-order valence-corrected chi connectivity index (χ0v) is 10.9. The SMILES string of the molecule is COC1CC2CCC(C1)N2c1nccn(C)c1=O. The van der Waals surface area contributed by atoms with Crippen molar-refractivity contribution in [3.63, 3.8) is 0 Å². The summed E-state index contributed by atoms with van der Waals surface area (Å²) in [6, 6.07) is 0.826. The molecule has 1 aromatic heterocycles. The van der Waals surface area contributed by atoms with Crippen LogP contribution in [0.15, 0.2) is 17.2 Å². The summed E-state index contributed by atoms with van der Waals surface area (Å²) in [5.74, 6) is 0.613. The first-order valence-electron chi connectivity index (χ1n) is 6.53. The molecule has 0 spiro atoms. The van der Waals surface area contributed by atoms with Crippen LogP contribution in [0.5, 0.6) is 0 Å². The van der Waals surface area contributed by atoms with Gasteiger partial charge >= 0.3 is 0 Å². The van der Waals surface area contributed by atoms with Gasteiger partial charge in [0.1, 0.15) is 0 Å². The zero-order chi connectivity index (χ0) is 12.7. The molecule has 3 heterocycles. The number of anilines is 1. The van der Waals surface area contributed by atoms with Gasteiger partial charge in [0.25, 0.3) is 5.56 Å². The highest BCUT2D eigenvalue weighted by molar-refractivity contribution is 5.42. The third-order valence-electron chi connectivity index (χ3n) is 4.27. The molecule has 0 aromatic carbocycles. The summed E-state index contributed by atoms with van der Waals surface area (Å²) >= 11 is 0. The summed E-state index contributed by atoms with van der Waals surface area (Å²) in [6.45, 7) is 0. The highest BCUT2D eigenvalue weighted by Crippen LogP contribution is 2.38. The lowest BCUT2D eigenvalue weighted by molar-refractivity contribution is 0.0681. The molecule has 0 radical (unpaired) electrons. The van der Waals surface area contributed by atoms with E-state index in [1.807, 2.05) is 0 Å². The number of hydrogen-bond acceptors (Lipinski definition) is 4. The van der Waals surface area contributed by atoms with E-state index in [2.05, 4.69) is 9.88 Å². The van der Waals surface area contributed by atoms with E-state index >= 15 is 0 Å². The summed E-state index contributed by atoms with van der Waals surface area (Å²) in [6.07, 6.45) is 8.05. The third kappa shape index (κ3) is 1.73. The molecule has 2 saturated heterocycles. The molecule has 2 aliphatic rings. The second-order valence-electron chi connectivity index (χ2n) is 5.29. The number of methoxy groups -OCH3 is 1. The maximum absolute atomic E-state index is 12.2. The van der Waals surface area contributed by atoms with Crippen molar-refractivity contribution < 1.29 is 4.74 Å². The molecule has 3 rings (SSSR count). The number of fused-ring (bicyclic) bond motifs is 2. The molecule has 0 saturated carbocycles. The highest BCUT2D eigenvalue weighted by Gasteiger charge is 2.42. The van der Waals surface area contributed by atoms with E-state index in [4.69, 9.17) is 4.74 Å². The molecule has 18 heavy (non-hydrogen) atoms. The van der Waals surface area contributed by atoms with Crippen LogP contribution in [0.4, 0.5) is 5.82 Å². The fourth-order valence-corrected chi connectivity index (χ4v) is 3.33. The normalized spacial score (nSPS) is 30.8. The predicted octanol–water partition coefficient (Wildman–Crippen LogP) is 0.926. The number of ether oxygens (including phenoxy) is 1. The standard InChI is InChI=1S/C13H19N3O2/c1-15-6-5-14-12(13(15)17)16-9-3-4-10(16)8-11(7-9)18-2/h5-6,9-11H,3-4,7-8H2,1-2H3. The van der Waals surface area contributed by atoms with Gasteiger partial charge in [0.15, 0.2) is 5.82 Å². The quantitative estimate of drug-likeness (QED) is 0.782. The smallest absolute Gasteiger partial charge is 0.293 e. The molecule has 0 aliphatic carbocycles. The molecule has 2 atom stereocenters. The van der Waals surface area contributed by atoms with Crippen molar-refractivity contribution in [1.82, 2.24) is 9.55 Å². The fraction of sp³-hybridized carbons (Fsp3) is 0.692.